The van der Waals surface area contributed by atoms with E-state index in [1.807, 2.05) is 6.92 Å². The summed E-state index contributed by atoms with van der Waals surface area (Å²) in [6, 6.07) is 4.05. The van der Waals surface area contributed by atoms with Crippen molar-refractivity contribution in [3.63, 3.8) is 0 Å². The first-order chi connectivity index (χ1) is 9.77. The Balaban J connectivity index is 2.11. The molecule has 0 radical (unpaired) electrons. The molecule has 0 spiro atoms. The first-order valence-corrected chi connectivity index (χ1v) is 7.40. The van der Waals surface area contributed by atoms with Crippen LogP contribution in [0.1, 0.15) is 30.9 Å². The Labute approximate surface area is 124 Å². The first-order valence-electron chi connectivity index (χ1n) is 7.40. The van der Waals surface area contributed by atoms with Gasteiger partial charge in [-0.1, -0.05) is 6.07 Å². The predicted molar refractivity (Wildman–Crippen MR) is 79.5 cm³/mol. The van der Waals surface area contributed by atoms with Crippen LogP contribution in [0.25, 0.3) is 0 Å². The van der Waals surface area contributed by atoms with Crippen molar-refractivity contribution in [3.05, 3.63) is 29.3 Å². The van der Waals surface area contributed by atoms with E-state index in [0.717, 1.165) is 37.6 Å². The molecule has 1 aromatic rings. The van der Waals surface area contributed by atoms with Crippen LogP contribution in [-0.2, 0) is 6.18 Å². The Kier molecular flexibility index (Phi) is 4.81. The maximum Gasteiger partial charge on any atom is 0.416 e. The van der Waals surface area contributed by atoms with Crippen molar-refractivity contribution in [2.45, 2.75) is 38.9 Å². The van der Waals surface area contributed by atoms with Crippen molar-refractivity contribution in [2.24, 2.45) is 5.92 Å². The molecule has 0 amide bonds. The lowest BCUT2D eigenvalue weighted by molar-refractivity contribution is -0.137. The lowest BCUT2D eigenvalue weighted by Crippen LogP contribution is -2.40. The summed E-state index contributed by atoms with van der Waals surface area (Å²) in [6.07, 6.45) is -2.02. The molecule has 2 nitrogen and oxygen atoms in total. The molecule has 5 heteroatoms. The van der Waals surface area contributed by atoms with Crippen LogP contribution >= 0.6 is 0 Å². The molecule has 1 aliphatic rings. The van der Waals surface area contributed by atoms with E-state index in [1.54, 1.807) is 0 Å². The highest BCUT2D eigenvalue weighted by molar-refractivity contribution is 5.53. The van der Waals surface area contributed by atoms with Gasteiger partial charge in [0.2, 0.25) is 0 Å². The van der Waals surface area contributed by atoms with Crippen LogP contribution in [0, 0.1) is 12.8 Å². The number of aryl methyl sites for hydroxylation is 1. The van der Waals surface area contributed by atoms with Gasteiger partial charge in [-0.25, -0.2) is 0 Å². The lowest BCUT2D eigenvalue weighted by Gasteiger charge is -2.34. The van der Waals surface area contributed by atoms with Crippen LogP contribution in [0.15, 0.2) is 18.2 Å². The Bertz CT molecular complexity index is 485. The zero-order valence-corrected chi connectivity index (χ0v) is 12.8. The number of alkyl halides is 3. The van der Waals surface area contributed by atoms with Gasteiger partial charge in [-0.05, 0) is 63.9 Å². The van der Waals surface area contributed by atoms with Gasteiger partial charge >= 0.3 is 6.18 Å². The van der Waals surface area contributed by atoms with Crippen molar-refractivity contribution >= 4 is 5.69 Å². The fourth-order valence-corrected chi connectivity index (χ4v) is 2.93. The van der Waals surface area contributed by atoms with E-state index < -0.39 is 11.7 Å². The summed E-state index contributed by atoms with van der Waals surface area (Å²) in [7, 11) is 2.09. The number of halogens is 3. The maximum absolute atomic E-state index is 12.8. The number of nitrogens with zero attached hydrogens (tertiary/aromatic N) is 1. The van der Waals surface area contributed by atoms with E-state index in [9.17, 15) is 13.2 Å². The minimum Gasteiger partial charge on any atom is -0.382 e. The number of piperidine rings is 1. The SMILES string of the molecule is Cc1ccc(C(F)(F)F)cc1NC(C)C1CCCN(C)C1. The highest BCUT2D eigenvalue weighted by Crippen LogP contribution is 2.32. The van der Waals surface area contributed by atoms with Gasteiger partial charge in [0.05, 0.1) is 5.56 Å². The van der Waals surface area contributed by atoms with Crippen LogP contribution in [0.4, 0.5) is 18.9 Å². The topological polar surface area (TPSA) is 15.3 Å². The second-order valence-corrected chi connectivity index (χ2v) is 6.13. The molecule has 1 saturated heterocycles. The highest BCUT2D eigenvalue weighted by atomic mass is 19.4. The summed E-state index contributed by atoms with van der Waals surface area (Å²) in [5, 5.41) is 3.29. The van der Waals surface area contributed by atoms with Crippen LogP contribution in [0.5, 0.6) is 0 Å². The fraction of sp³-hybridized carbons (Fsp3) is 0.625. The molecular weight excluding hydrogens is 277 g/mol. The van der Waals surface area contributed by atoms with Crippen molar-refractivity contribution < 1.29 is 13.2 Å². The monoisotopic (exact) mass is 300 g/mol. The van der Waals surface area contributed by atoms with Crippen molar-refractivity contribution in [2.75, 3.05) is 25.5 Å². The third kappa shape index (κ3) is 4.13. The Hall–Kier alpha value is -1.23. The Morgan fingerprint density at radius 2 is 2.05 bits per heavy atom. The van der Waals surface area contributed by atoms with Gasteiger partial charge in [-0.3, -0.25) is 0 Å². The van der Waals surface area contributed by atoms with Crippen LogP contribution in [0.3, 0.4) is 0 Å². The third-order valence-electron chi connectivity index (χ3n) is 4.32. The van der Waals surface area contributed by atoms with Gasteiger partial charge < -0.3 is 10.2 Å². The smallest absolute Gasteiger partial charge is 0.382 e. The Morgan fingerprint density at radius 1 is 1.33 bits per heavy atom. The minimum absolute atomic E-state index is 0.162. The van der Waals surface area contributed by atoms with E-state index >= 15 is 0 Å². The van der Waals surface area contributed by atoms with Gasteiger partial charge in [0.25, 0.3) is 0 Å². The molecule has 1 aliphatic heterocycles. The minimum atomic E-state index is -4.29. The highest BCUT2D eigenvalue weighted by Gasteiger charge is 2.31. The average Bonchev–Trinajstić information content (AvgIpc) is 2.40. The van der Waals surface area contributed by atoms with E-state index in [2.05, 4.69) is 24.2 Å². The summed E-state index contributed by atoms with van der Waals surface area (Å²) in [5.41, 5.74) is 0.841. The van der Waals surface area contributed by atoms with Gasteiger partial charge in [0, 0.05) is 18.3 Å². The number of anilines is 1. The van der Waals surface area contributed by atoms with Crippen LogP contribution in [-0.4, -0.2) is 31.1 Å². The van der Waals surface area contributed by atoms with Gasteiger partial charge in [0.1, 0.15) is 0 Å². The van der Waals surface area contributed by atoms with E-state index in [4.69, 9.17) is 0 Å². The summed E-state index contributed by atoms with van der Waals surface area (Å²) in [5.74, 6) is 0.470. The van der Waals surface area contributed by atoms with Gasteiger partial charge in [0.15, 0.2) is 0 Å². The molecule has 1 heterocycles. The van der Waals surface area contributed by atoms with Crippen molar-refractivity contribution in [3.8, 4) is 0 Å². The number of likely N-dealkylation sites (tertiary alicyclic amines) is 1. The average molecular weight is 300 g/mol. The van der Waals surface area contributed by atoms with Gasteiger partial charge in [-0.2, -0.15) is 13.2 Å². The van der Waals surface area contributed by atoms with Crippen LogP contribution < -0.4 is 5.32 Å². The molecule has 2 unspecified atom stereocenters. The number of hydrogen-bond donors (Lipinski definition) is 1. The third-order valence-corrected chi connectivity index (χ3v) is 4.32. The predicted octanol–water partition coefficient (Wildman–Crippen LogP) is 4.16. The van der Waals surface area contributed by atoms with E-state index in [-0.39, 0.29) is 6.04 Å². The molecule has 1 fully saturated rings. The number of nitrogens with one attached hydrogen (secondary N) is 1. The van der Waals surface area contributed by atoms with E-state index in [0.29, 0.717) is 11.6 Å². The number of benzene rings is 1. The summed E-state index contributed by atoms with van der Waals surface area (Å²) < 4.78 is 38.4. The molecule has 21 heavy (non-hydrogen) atoms. The van der Waals surface area contributed by atoms with E-state index in [1.165, 1.54) is 12.1 Å². The normalized spacial score (nSPS) is 22.1. The van der Waals surface area contributed by atoms with Crippen LogP contribution in [0.2, 0.25) is 0 Å². The summed E-state index contributed by atoms with van der Waals surface area (Å²) in [4.78, 5) is 2.28. The number of rotatable bonds is 3. The second kappa shape index (κ2) is 6.26. The standard InChI is InChI=1S/C16H23F3N2/c1-11-6-7-14(16(17,18)19)9-15(11)20-12(2)13-5-4-8-21(3)10-13/h6-7,9,12-13,20H,4-5,8,10H2,1-3H3. The molecule has 0 aromatic heterocycles. The molecule has 118 valence electrons. The maximum atomic E-state index is 12.8. The molecule has 0 bridgehead atoms. The number of hydrogen-bond acceptors (Lipinski definition) is 2. The Morgan fingerprint density at radius 3 is 2.67 bits per heavy atom. The molecular formula is C16H23F3N2. The van der Waals surface area contributed by atoms with Crippen molar-refractivity contribution in [1.82, 2.24) is 4.90 Å². The molecule has 0 saturated carbocycles. The lowest BCUT2D eigenvalue weighted by atomic mass is 9.91. The fourth-order valence-electron chi connectivity index (χ4n) is 2.93. The quantitative estimate of drug-likeness (QED) is 0.902. The second-order valence-electron chi connectivity index (χ2n) is 6.13. The zero-order valence-electron chi connectivity index (χ0n) is 12.8. The summed E-state index contributed by atoms with van der Waals surface area (Å²) >= 11 is 0. The molecule has 1 N–H and O–H groups in total. The molecule has 2 rings (SSSR count). The largest absolute Gasteiger partial charge is 0.416 e. The van der Waals surface area contributed by atoms with Crippen molar-refractivity contribution in [1.29, 1.82) is 0 Å². The molecule has 1 aromatic carbocycles. The van der Waals surface area contributed by atoms with Gasteiger partial charge in [-0.15, -0.1) is 0 Å². The summed E-state index contributed by atoms with van der Waals surface area (Å²) in [6.45, 7) is 5.99. The first kappa shape index (κ1) is 16.1. The molecule has 0 aliphatic carbocycles. The zero-order chi connectivity index (χ0) is 15.6. The molecule has 2 atom stereocenters.